The highest BCUT2D eigenvalue weighted by molar-refractivity contribution is 14.0. The molecule has 2 unspecified atom stereocenters. The molecule has 0 radical (unpaired) electrons. The highest BCUT2D eigenvalue weighted by Gasteiger charge is 2.24. The molecule has 0 amide bonds. The number of hydrogen-bond acceptors (Lipinski definition) is 4. The first-order valence-corrected chi connectivity index (χ1v) is 10.6. The molecule has 2 aliphatic heterocycles. The van der Waals surface area contributed by atoms with Crippen LogP contribution in [0, 0.1) is 5.92 Å². The van der Waals surface area contributed by atoms with Crippen LogP contribution < -0.4 is 10.6 Å². The predicted molar refractivity (Wildman–Crippen MR) is 125 cm³/mol. The molecule has 2 aliphatic rings. The first kappa shape index (κ1) is 23.5. The van der Waals surface area contributed by atoms with Gasteiger partial charge in [-0.25, -0.2) is 0 Å². The van der Waals surface area contributed by atoms with Crippen LogP contribution in [0.2, 0.25) is 0 Å². The number of aliphatic imine (C=N–C) groups is 1. The van der Waals surface area contributed by atoms with E-state index >= 15 is 0 Å². The second-order valence-corrected chi connectivity index (χ2v) is 7.96. The van der Waals surface area contributed by atoms with Crippen LogP contribution in [0.15, 0.2) is 27.8 Å². The number of guanidine groups is 1. The Morgan fingerprint density at radius 1 is 1.32 bits per heavy atom. The smallest absolute Gasteiger partial charge is 0.191 e. The zero-order valence-electron chi connectivity index (χ0n) is 17.4. The van der Waals surface area contributed by atoms with Gasteiger partial charge in [-0.2, -0.15) is 0 Å². The third-order valence-corrected chi connectivity index (χ3v) is 5.67. The maximum absolute atomic E-state index is 5.51. The van der Waals surface area contributed by atoms with Gasteiger partial charge in [0, 0.05) is 51.3 Å². The summed E-state index contributed by atoms with van der Waals surface area (Å²) >= 11 is 0. The number of likely N-dealkylation sites (tertiary alicyclic amines) is 1. The molecule has 6 nitrogen and oxygen atoms in total. The minimum Gasteiger partial charge on any atom is -0.469 e. The first-order valence-electron chi connectivity index (χ1n) is 10.6. The average molecular weight is 504 g/mol. The van der Waals surface area contributed by atoms with Crippen LogP contribution in [-0.2, 0) is 11.2 Å². The third-order valence-electron chi connectivity index (χ3n) is 5.67. The topological polar surface area (TPSA) is 62.0 Å². The molecular formula is C21H37IN4O2. The maximum atomic E-state index is 5.51. The van der Waals surface area contributed by atoms with Crippen molar-refractivity contribution < 1.29 is 9.15 Å². The van der Waals surface area contributed by atoms with Crippen molar-refractivity contribution in [2.45, 2.75) is 58.0 Å². The van der Waals surface area contributed by atoms with E-state index in [1.165, 1.54) is 25.8 Å². The second kappa shape index (κ2) is 12.7. The number of furan rings is 1. The quantitative estimate of drug-likeness (QED) is 0.323. The molecule has 0 aliphatic carbocycles. The summed E-state index contributed by atoms with van der Waals surface area (Å²) in [5.74, 6) is 2.67. The van der Waals surface area contributed by atoms with E-state index in [9.17, 15) is 0 Å². The summed E-state index contributed by atoms with van der Waals surface area (Å²) in [6, 6.07) is 4.86. The standard InChI is InChI=1S/C21H36N4O2.HI/c1-3-17(2)23-21(22-10-6-20-5-4-13-27-20)24-19-7-11-25(12-8-19)15-18-9-14-26-16-18;/h4-5,13,17-19H,3,6-12,14-16H2,1-2H3,(H2,22,23,24);1H. The van der Waals surface area contributed by atoms with Crippen LogP contribution in [0.25, 0.3) is 0 Å². The summed E-state index contributed by atoms with van der Waals surface area (Å²) < 4.78 is 10.9. The van der Waals surface area contributed by atoms with Crippen LogP contribution in [0.1, 0.15) is 45.3 Å². The van der Waals surface area contributed by atoms with Gasteiger partial charge in [0.25, 0.3) is 0 Å². The number of piperidine rings is 1. The van der Waals surface area contributed by atoms with Crippen molar-refractivity contribution in [2.75, 3.05) is 39.4 Å². The number of hydrogen-bond donors (Lipinski definition) is 2. The van der Waals surface area contributed by atoms with Gasteiger partial charge in [0.1, 0.15) is 5.76 Å². The zero-order chi connectivity index (χ0) is 18.9. The van der Waals surface area contributed by atoms with E-state index in [0.717, 1.165) is 63.3 Å². The summed E-state index contributed by atoms with van der Waals surface area (Å²) in [4.78, 5) is 7.39. The third kappa shape index (κ3) is 7.91. The number of rotatable bonds is 8. The molecule has 0 bridgehead atoms. The molecule has 0 saturated carbocycles. The van der Waals surface area contributed by atoms with E-state index in [2.05, 4.69) is 29.4 Å². The van der Waals surface area contributed by atoms with Gasteiger partial charge in [0.2, 0.25) is 0 Å². The first-order chi connectivity index (χ1) is 13.2. The van der Waals surface area contributed by atoms with E-state index in [-0.39, 0.29) is 24.0 Å². The molecule has 3 rings (SSSR count). The van der Waals surface area contributed by atoms with Crippen molar-refractivity contribution in [3.05, 3.63) is 24.2 Å². The lowest BCUT2D eigenvalue weighted by Crippen LogP contribution is -2.51. The molecule has 160 valence electrons. The molecule has 2 saturated heterocycles. The van der Waals surface area contributed by atoms with Gasteiger partial charge in [-0.15, -0.1) is 24.0 Å². The van der Waals surface area contributed by atoms with Crippen molar-refractivity contribution in [3.63, 3.8) is 0 Å². The molecule has 1 aromatic rings. The highest BCUT2D eigenvalue weighted by Crippen LogP contribution is 2.17. The lowest BCUT2D eigenvalue weighted by Gasteiger charge is -2.34. The molecule has 1 aromatic heterocycles. The minimum atomic E-state index is 0. The van der Waals surface area contributed by atoms with Gasteiger partial charge in [0.05, 0.1) is 12.9 Å². The van der Waals surface area contributed by atoms with E-state index in [0.29, 0.717) is 12.1 Å². The Hall–Kier alpha value is -0.800. The molecule has 0 spiro atoms. The highest BCUT2D eigenvalue weighted by atomic mass is 127. The van der Waals surface area contributed by atoms with Crippen molar-refractivity contribution in [1.29, 1.82) is 0 Å². The van der Waals surface area contributed by atoms with Crippen molar-refractivity contribution in [1.82, 2.24) is 15.5 Å². The molecule has 7 heteroatoms. The fraction of sp³-hybridized carbons (Fsp3) is 0.762. The van der Waals surface area contributed by atoms with Crippen molar-refractivity contribution in [3.8, 4) is 0 Å². The van der Waals surface area contributed by atoms with E-state index in [1.54, 1.807) is 6.26 Å². The van der Waals surface area contributed by atoms with Crippen LogP contribution in [0.3, 0.4) is 0 Å². The molecule has 28 heavy (non-hydrogen) atoms. The second-order valence-electron chi connectivity index (χ2n) is 7.96. The van der Waals surface area contributed by atoms with Crippen molar-refractivity contribution in [2.24, 2.45) is 10.9 Å². The summed E-state index contributed by atoms with van der Waals surface area (Å²) in [7, 11) is 0. The zero-order valence-corrected chi connectivity index (χ0v) is 19.7. The Kier molecular flexibility index (Phi) is 10.6. The normalized spacial score (nSPS) is 22.6. The summed E-state index contributed by atoms with van der Waals surface area (Å²) in [5, 5.41) is 7.21. The van der Waals surface area contributed by atoms with Crippen molar-refractivity contribution >= 4 is 29.9 Å². The summed E-state index contributed by atoms with van der Waals surface area (Å²) in [6.45, 7) is 10.6. The van der Waals surface area contributed by atoms with E-state index in [4.69, 9.17) is 14.1 Å². The SMILES string of the molecule is CCC(C)NC(=NCCc1ccco1)NC1CCN(CC2CCOC2)CC1.I. The molecule has 0 aromatic carbocycles. The monoisotopic (exact) mass is 504 g/mol. The lowest BCUT2D eigenvalue weighted by atomic mass is 10.0. The van der Waals surface area contributed by atoms with Gasteiger partial charge < -0.3 is 24.7 Å². The van der Waals surface area contributed by atoms with Gasteiger partial charge in [-0.05, 0) is 50.7 Å². The molecule has 2 N–H and O–H groups in total. The minimum absolute atomic E-state index is 0. The Balaban J connectivity index is 0.00000280. The fourth-order valence-corrected chi connectivity index (χ4v) is 3.75. The molecular weight excluding hydrogens is 467 g/mol. The van der Waals surface area contributed by atoms with Gasteiger partial charge in [-0.1, -0.05) is 6.92 Å². The Labute approximate surface area is 186 Å². The van der Waals surface area contributed by atoms with E-state index < -0.39 is 0 Å². The Morgan fingerprint density at radius 2 is 2.14 bits per heavy atom. The molecule has 2 fully saturated rings. The van der Waals surface area contributed by atoms with Gasteiger partial charge in [-0.3, -0.25) is 4.99 Å². The summed E-state index contributed by atoms with van der Waals surface area (Å²) in [5.41, 5.74) is 0. The lowest BCUT2D eigenvalue weighted by molar-refractivity contribution is 0.150. The molecule has 3 heterocycles. The van der Waals surface area contributed by atoms with Crippen LogP contribution >= 0.6 is 24.0 Å². The fourth-order valence-electron chi connectivity index (χ4n) is 3.75. The average Bonchev–Trinajstić information content (AvgIpc) is 3.37. The van der Waals surface area contributed by atoms with E-state index in [1.807, 2.05) is 12.1 Å². The summed E-state index contributed by atoms with van der Waals surface area (Å²) in [6.07, 6.45) is 7.22. The number of halogens is 1. The number of nitrogens with one attached hydrogen (secondary N) is 2. The Morgan fingerprint density at radius 3 is 2.79 bits per heavy atom. The van der Waals surface area contributed by atoms with Crippen LogP contribution in [0.5, 0.6) is 0 Å². The van der Waals surface area contributed by atoms with Crippen LogP contribution in [0.4, 0.5) is 0 Å². The van der Waals surface area contributed by atoms with Gasteiger partial charge >= 0.3 is 0 Å². The number of nitrogens with zero attached hydrogens (tertiary/aromatic N) is 2. The van der Waals surface area contributed by atoms with Gasteiger partial charge in [0.15, 0.2) is 5.96 Å². The predicted octanol–water partition coefficient (Wildman–Crippen LogP) is 3.27. The maximum Gasteiger partial charge on any atom is 0.191 e. The van der Waals surface area contributed by atoms with Crippen LogP contribution in [-0.4, -0.2) is 62.3 Å². The Bertz CT molecular complexity index is 553. The number of ether oxygens (including phenoxy) is 1. The molecule has 2 atom stereocenters. The largest absolute Gasteiger partial charge is 0.469 e.